The average Bonchev–Trinajstić information content (AvgIpc) is 2.31. The molecule has 0 radical (unpaired) electrons. The van der Waals surface area contributed by atoms with Crippen LogP contribution >= 0.6 is 0 Å². The van der Waals surface area contributed by atoms with E-state index in [0.29, 0.717) is 12.5 Å². The van der Waals surface area contributed by atoms with Crippen molar-refractivity contribution in [3.05, 3.63) is 0 Å². The van der Waals surface area contributed by atoms with E-state index < -0.39 is 11.4 Å². The van der Waals surface area contributed by atoms with E-state index >= 15 is 0 Å². The quantitative estimate of drug-likeness (QED) is 0.734. The molecule has 1 aliphatic carbocycles. The van der Waals surface area contributed by atoms with Crippen molar-refractivity contribution in [2.75, 3.05) is 13.1 Å². The van der Waals surface area contributed by atoms with Crippen LogP contribution in [-0.4, -0.2) is 35.5 Å². The topological polar surface area (TPSA) is 72.3 Å². The van der Waals surface area contributed by atoms with Crippen molar-refractivity contribution in [1.29, 1.82) is 0 Å². The molecule has 0 spiro atoms. The minimum Gasteiger partial charge on any atom is -0.368 e. The molecule has 0 aromatic heterocycles. The number of nitrogens with two attached hydrogens (primary N) is 2. The van der Waals surface area contributed by atoms with Crippen LogP contribution in [0.25, 0.3) is 0 Å². The van der Waals surface area contributed by atoms with E-state index in [9.17, 15) is 4.79 Å². The first-order chi connectivity index (χ1) is 7.97. The predicted molar refractivity (Wildman–Crippen MR) is 70.5 cm³/mol. The van der Waals surface area contributed by atoms with Crippen LogP contribution < -0.4 is 11.5 Å². The van der Waals surface area contributed by atoms with E-state index in [-0.39, 0.29) is 0 Å². The molecule has 0 saturated heterocycles. The maximum Gasteiger partial charge on any atom is 0.237 e. The number of nitrogens with zero attached hydrogens (tertiary/aromatic N) is 1. The summed E-state index contributed by atoms with van der Waals surface area (Å²) in [6, 6.07) is 0.678. The number of amides is 1. The summed E-state index contributed by atoms with van der Waals surface area (Å²) in [5.74, 6) is -0.405. The normalized spacial score (nSPS) is 21.4. The zero-order chi connectivity index (χ0) is 12.9. The van der Waals surface area contributed by atoms with Crippen molar-refractivity contribution < 1.29 is 4.79 Å². The lowest BCUT2D eigenvalue weighted by atomic mass is 9.92. The smallest absolute Gasteiger partial charge is 0.237 e. The summed E-state index contributed by atoms with van der Waals surface area (Å²) in [4.78, 5) is 13.6. The van der Waals surface area contributed by atoms with Crippen molar-refractivity contribution >= 4 is 5.91 Å². The van der Waals surface area contributed by atoms with Crippen LogP contribution in [0, 0.1) is 0 Å². The van der Waals surface area contributed by atoms with Gasteiger partial charge in [-0.25, -0.2) is 0 Å². The zero-order valence-electron chi connectivity index (χ0n) is 11.2. The molecule has 0 heterocycles. The van der Waals surface area contributed by atoms with Gasteiger partial charge in [-0.2, -0.15) is 0 Å². The van der Waals surface area contributed by atoms with Gasteiger partial charge in [-0.3, -0.25) is 4.79 Å². The van der Waals surface area contributed by atoms with Crippen LogP contribution in [0.4, 0.5) is 0 Å². The Morgan fingerprint density at radius 1 is 1.35 bits per heavy atom. The van der Waals surface area contributed by atoms with E-state index in [2.05, 4.69) is 11.8 Å². The Labute approximate surface area is 105 Å². The van der Waals surface area contributed by atoms with E-state index in [1.54, 1.807) is 6.92 Å². The van der Waals surface area contributed by atoms with Crippen LogP contribution in [0.5, 0.6) is 0 Å². The fourth-order valence-electron chi connectivity index (χ4n) is 2.54. The van der Waals surface area contributed by atoms with Gasteiger partial charge in [0.05, 0.1) is 5.54 Å². The summed E-state index contributed by atoms with van der Waals surface area (Å²) in [6.07, 6.45) is 7.24. The SMILES string of the molecule is CCN(CCC(C)(N)C(N)=O)C1CCCCC1. The summed E-state index contributed by atoms with van der Waals surface area (Å²) in [5, 5.41) is 0. The average molecular weight is 241 g/mol. The molecular formula is C13H27N3O. The van der Waals surface area contributed by atoms with Crippen LogP contribution in [-0.2, 0) is 4.79 Å². The molecule has 1 fully saturated rings. The Kier molecular flexibility index (Phi) is 5.40. The number of rotatable bonds is 6. The van der Waals surface area contributed by atoms with Crippen LogP contribution in [0.3, 0.4) is 0 Å². The molecule has 0 bridgehead atoms. The molecule has 1 unspecified atom stereocenters. The Morgan fingerprint density at radius 3 is 2.41 bits per heavy atom. The number of carbonyl (C=O) groups excluding carboxylic acids is 1. The summed E-state index contributed by atoms with van der Waals surface area (Å²) < 4.78 is 0. The van der Waals surface area contributed by atoms with Gasteiger partial charge in [0, 0.05) is 12.6 Å². The summed E-state index contributed by atoms with van der Waals surface area (Å²) >= 11 is 0. The van der Waals surface area contributed by atoms with Gasteiger partial charge in [0.15, 0.2) is 0 Å². The summed E-state index contributed by atoms with van der Waals surface area (Å²) in [6.45, 7) is 5.80. The Bertz CT molecular complexity index is 247. The van der Waals surface area contributed by atoms with Crippen LogP contribution in [0.15, 0.2) is 0 Å². The van der Waals surface area contributed by atoms with E-state index in [1.807, 2.05) is 0 Å². The van der Waals surface area contributed by atoms with Crippen molar-refractivity contribution in [2.45, 2.75) is 64.0 Å². The van der Waals surface area contributed by atoms with E-state index in [0.717, 1.165) is 13.1 Å². The van der Waals surface area contributed by atoms with Gasteiger partial charge in [-0.05, 0) is 32.7 Å². The first-order valence-corrected chi connectivity index (χ1v) is 6.80. The third kappa shape index (κ3) is 4.28. The molecule has 4 N–H and O–H groups in total. The first-order valence-electron chi connectivity index (χ1n) is 6.80. The second kappa shape index (κ2) is 6.36. The second-order valence-corrected chi connectivity index (χ2v) is 5.45. The number of hydrogen-bond acceptors (Lipinski definition) is 3. The number of carbonyl (C=O) groups is 1. The zero-order valence-corrected chi connectivity index (χ0v) is 11.2. The highest BCUT2D eigenvalue weighted by atomic mass is 16.1. The molecule has 1 atom stereocenters. The van der Waals surface area contributed by atoms with Gasteiger partial charge >= 0.3 is 0 Å². The van der Waals surface area contributed by atoms with Crippen molar-refractivity contribution in [3.63, 3.8) is 0 Å². The van der Waals surface area contributed by atoms with Gasteiger partial charge in [0.1, 0.15) is 0 Å². The third-order valence-electron chi connectivity index (χ3n) is 3.98. The second-order valence-electron chi connectivity index (χ2n) is 5.45. The minimum absolute atomic E-state index is 0.405. The molecule has 0 aromatic carbocycles. The highest BCUT2D eigenvalue weighted by Gasteiger charge is 2.28. The lowest BCUT2D eigenvalue weighted by molar-refractivity contribution is -0.122. The first kappa shape index (κ1) is 14.5. The molecule has 1 amide bonds. The van der Waals surface area contributed by atoms with Gasteiger partial charge in [0.2, 0.25) is 5.91 Å². The summed E-state index contributed by atoms with van der Waals surface area (Å²) in [5.41, 5.74) is 10.3. The summed E-state index contributed by atoms with van der Waals surface area (Å²) in [7, 11) is 0. The van der Waals surface area contributed by atoms with Gasteiger partial charge in [0.25, 0.3) is 0 Å². The lowest BCUT2D eigenvalue weighted by Crippen LogP contribution is -2.52. The van der Waals surface area contributed by atoms with Crippen LogP contribution in [0.1, 0.15) is 52.4 Å². The Hall–Kier alpha value is -0.610. The van der Waals surface area contributed by atoms with Gasteiger partial charge < -0.3 is 16.4 Å². The van der Waals surface area contributed by atoms with Crippen molar-refractivity contribution in [2.24, 2.45) is 11.5 Å². The molecule has 1 saturated carbocycles. The maximum absolute atomic E-state index is 11.2. The Balaban J connectivity index is 2.43. The van der Waals surface area contributed by atoms with Gasteiger partial charge in [-0.15, -0.1) is 0 Å². The third-order valence-corrected chi connectivity index (χ3v) is 3.98. The highest BCUT2D eigenvalue weighted by Crippen LogP contribution is 2.23. The molecule has 0 aromatic rings. The monoisotopic (exact) mass is 241 g/mol. The van der Waals surface area contributed by atoms with Gasteiger partial charge in [-0.1, -0.05) is 26.2 Å². The molecule has 17 heavy (non-hydrogen) atoms. The minimum atomic E-state index is -0.873. The number of hydrogen-bond donors (Lipinski definition) is 2. The van der Waals surface area contributed by atoms with E-state index in [1.165, 1.54) is 32.1 Å². The predicted octanol–water partition coefficient (Wildman–Crippen LogP) is 1.23. The fraction of sp³-hybridized carbons (Fsp3) is 0.923. The molecule has 1 aliphatic rings. The van der Waals surface area contributed by atoms with Crippen molar-refractivity contribution in [3.8, 4) is 0 Å². The standard InChI is InChI=1S/C13H27N3O/c1-3-16(11-7-5-4-6-8-11)10-9-13(2,15)12(14)17/h11H,3-10,15H2,1-2H3,(H2,14,17). The fourth-order valence-corrected chi connectivity index (χ4v) is 2.54. The van der Waals surface area contributed by atoms with Crippen molar-refractivity contribution in [1.82, 2.24) is 4.90 Å². The lowest BCUT2D eigenvalue weighted by Gasteiger charge is -2.35. The number of primary amides is 1. The molecule has 4 nitrogen and oxygen atoms in total. The highest BCUT2D eigenvalue weighted by molar-refractivity contribution is 5.83. The molecular weight excluding hydrogens is 214 g/mol. The largest absolute Gasteiger partial charge is 0.368 e. The molecule has 1 rings (SSSR count). The maximum atomic E-state index is 11.2. The van der Waals surface area contributed by atoms with Crippen LogP contribution in [0.2, 0.25) is 0 Å². The van der Waals surface area contributed by atoms with E-state index in [4.69, 9.17) is 11.5 Å². The Morgan fingerprint density at radius 2 is 1.94 bits per heavy atom. The molecule has 100 valence electrons. The molecule has 0 aliphatic heterocycles. The molecule has 4 heteroatoms.